The molecule has 4 aromatic heterocycles. The van der Waals surface area contributed by atoms with Crippen molar-refractivity contribution in [3.8, 4) is 28.3 Å². The van der Waals surface area contributed by atoms with Gasteiger partial charge in [-0.3, -0.25) is 4.68 Å². The number of aryl methyl sites for hydroxylation is 1. The molecule has 0 saturated carbocycles. The predicted octanol–water partition coefficient (Wildman–Crippen LogP) is 2.86. The average molecular weight is 454 g/mol. The van der Waals surface area contributed by atoms with Gasteiger partial charge in [0.05, 0.1) is 23.5 Å². The topological polar surface area (TPSA) is 116 Å². The van der Waals surface area contributed by atoms with Crippen molar-refractivity contribution in [1.29, 1.82) is 5.26 Å². The third kappa shape index (κ3) is 3.16. The molecule has 1 amide bonds. The first kappa shape index (κ1) is 20.2. The number of likely N-dealkylation sites (tertiary alicyclic amines) is 1. The van der Waals surface area contributed by atoms with Gasteiger partial charge in [-0.2, -0.15) is 15.5 Å². The molecule has 34 heavy (non-hydrogen) atoms. The maximum atomic E-state index is 11.1. The molecule has 4 aromatic rings. The first-order valence-electron chi connectivity index (χ1n) is 11.0. The number of rotatable bonds is 3. The van der Waals surface area contributed by atoms with E-state index in [1.165, 1.54) is 4.90 Å². The molecule has 0 radical (unpaired) electrons. The van der Waals surface area contributed by atoms with Crippen molar-refractivity contribution in [3.05, 3.63) is 54.7 Å². The quantitative estimate of drug-likeness (QED) is 0.506. The zero-order valence-corrected chi connectivity index (χ0v) is 18.6. The van der Waals surface area contributed by atoms with Gasteiger partial charge in [0.25, 0.3) is 0 Å². The molecule has 170 valence electrons. The molecule has 1 N–H and O–H groups in total. The van der Waals surface area contributed by atoms with Gasteiger partial charge in [-0.15, -0.1) is 0 Å². The Kier molecular flexibility index (Phi) is 4.35. The Morgan fingerprint density at radius 3 is 2.62 bits per heavy atom. The summed E-state index contributed by atoms with van der Waals surface area (Å²) in [5, 5.41) is 27.4. The van der Waals surface area contributed by atoms with Crippen LogP contribution in [0.2, 0.25) is 0 Å². The summed E-state index contributed by atoms with van der Waals surface area (Å²) in [5.74, 6) is 0.878. The summed E-state index contributed by atoms with van der Waals surface area (Å²) in [4.78, 5) is 19.6. The lowest BCUT2D eigenvalue weighted by molar-refractivity contribution is 0.0252. The first-order chi connectivity index (χ1) is 16.4. The number of nitrogens with zero attached hydrogens (tertiary/aromatic N) is 8. The third-order valence-electron chi connectivity index (χ3n) is 6.91. The van der Waals surface area contributed by atoms with Gasteiger partial charge in [0.2, 0.25) is 0 Å². The Hall–Kier alpha value is -4.39. The zero-order valence-electron chi connectivity index (χ0n) is 18.6. The number of aromatic nitrogens is 5. The van der Waals surface area contributed by atoms with Gasteiger partial charge < -0.3 is 14.9 Å². The van der Waals surface area contributed by atoms with Gasteiger partial charge in [0.1, 0.15) is 11.9 Å². The monoisotopic (exact) mass is 454 g/mol. The standard InChI is InChI=1S/C24H22N8O2/c1-29-11-19(10-27-29)17-6-20(22-18(7-25)9-28-32(22)12-17)16-2-3-21(26-8-16)30-5-4-24(13-30)14-31(15-24)23(33)34/h2-3,6,8-12H,4-5,13-15H2,1H3,(H,33,34). The number of anilines is 1. The minimum Gasteiger partial charge on any atom is -0.465 e. The van der Waals surface area contributed by atoms with E-state index < -0.39 is 6.09 Å². The molecule has 0 bridgehead atoms. The SMILES string of the molecule is Cn1cc(-c2cc(-c3ccc(N4CCC5(CN(C(=O)O)C5)C4)nc3)c3c(C#N)cnn3c2)cn1. The summed E-state index contributed by atoms with van der Waals surface area (Å²) in [5.41, 5.74) is 4.97. The van der Waals surface area contributed by atoms with E-state index in [2.05, 4.69) is 21.2 Å². The fraction of sp³-hybridized carbons (Fsp3) is 0.292. The zero-order chi connectivity index (χ0) is 23.4. The van der Waals surface area contributed by atoms with E-state index in [1.807, 2.05) is 43.8 Å². The molecule has 2 saturated heterocycles. The van der Waals surface area contributed by atoms with Gasteiger partial charge in [0.15, 0.2) is 0 Å². The molecule has 6 rings (SSSR count). The summed E-state index contributed by atoms with van der Waals surface area (Å²) in [7, 11) is 1.87. The second kappa shape index (κ2) is 7.31. The number of hydrogen-bond donors (Lipinski definition) is 1. The van der Waals surface area contributed by atoms with E-state index in [9.17, 15) is 10.1 Å². The number of pyridine rings is 2. The molecule has 1 spiro atoms. The summed E-state index contributed by atoms with van der Waals surface area (Å²) >= 11 is 0. The highest BCUT2D eigenvalue weighted by atomic mass is 16.4. The Morgan fingerprint density at radius 2 is 1.94 bits per heavy atom. The van der Waals surface area contributed by atoms with Gasteiger partial charge in [0, 0.05) is 79.5 Å². The van der Waals surface area contributed by atoms with Crippen LogP contribution in [0.5, 0.6) is 0 Å². The summed E-state index contributed by atoms with van der Waals surface area (Å²) in [6, 6.07) is 8.31. The molecule has 0 unspecified atom stereocenters. The highest BCUT2D eigenvalue weighted by molar-refractivity contribution is 5.87. The van der Waals surface area contributed by atoms with E-state index >= 15 is 0 Å². The van der Waals surface area contributed by atoms with Gasteiger partial charge in [-0.25, -0.2) is 14.3 Å². The van der Waals surface area contributed by atoms with Gasteiger partial charge >= 0.3 is 6.09 Å². The second-order valence-corrected chi connectivity index (χ2v) is 9.22. The number of carbonyl (C=O) groups is 1. The summed E-state index contributed by atoms with van der Waals surface area (Å²) in [6.07, 6.45) is 9.18. The molecule has 2 fully saturated rings. The summed E-state index contributed by atoms with van der Waals surface area (Å²) in [6.45, 7) is 2.86. The number of fused-ring (bicyclic) bond motifs is 1. The number of nitriles is 1. The van der Waals surface area contributed by atoms with E-state index in [0.29, 0.717) is 18.7 Å². The smallest absolute Gasteiger partial charge is 0.407 e. The fourth-order valence-electron chi connectivity index (χ4n) is 5.17. The van der Waals surface area contributed by atoms with Crippen LogP contribution in [0.15, 0.2) is 49.2 Å². The van der Waals surface area contributed by atoms with Crippen molar-refractivity contribution in [1.82, 2.24) is 29.3 Å². The Bertz CT molecular complexity index is 1460. The van der Waals surface area contributed by atoms with E-state index in [1.54, 1.807) is 21.6 Å². The van der Waals surface area contributed by atoms with Crippen molar-refractivity contribution in [3.63, 3.8) is 0 Å². The van der Waals surface area contributed by atoms with Crippen LogP contribution in [-0.2, 0) is 7.05 Å². The Labute approximate surface area is 195 Å². The molecule has 0 atom stereocenters. The molecular formula is C24H22N8O2. The van der Waals surface area contributed by atoms with Crippen LogP contribution in [-0.4, -0.2) is 66.7 Å². The molecule has 2 aliphatic rings. The highest BCUT2D eigenvalue weighted by Crippen LogP contribution is 2.41. The van der Waals surface area contributed by atoms with Gasteiger partial charge in [-0.05, 0) is 24.6 Å². The van der Waals surface area contributed by atoms with Crippen LogP contribution < -0.4 is 4.90 Å². The van der Waals surface area contributed by atoms with E-state index in [-0.39, 0.29) is 5.41 Å². The molecule has 10 heteroatoms. The maximum absolute atomic E-state index is 11.1. The van der Waals surface area contributed by atoms with Crippen LogP contribution >= 0.6 is 0 Å². The highest BCUT2D eigenvalue weighted by Gasteiger charge is 2.49. The fourth-order valence-corrected chi connectivity index (χ4v) is 5.17. The molecule has 0 aromatic carbocycles. The Balaban J connectivity index is 1.33. The minimum absolute atomic E-state index is 0.0439. The van der Waals surface area contributed by atoms with E-state index in [0.717, 1.165) is 53.1 Å². The Morgan fingerprint density at radius 1 is 1.09 bits per heavy atom. The lowest BCUT2D eigenvalue weighted by Crippen LogP contribution is -2.59. The molecule has 10 nitrogen and oxygen atoms in total. The van der Waals surface area contributed by atoms with Crippen molar-refractivity contribution in [2.45, 2.75) is 6.42 Å². The van der Waals surface area contributed by atoms with Crippen LogP contribution in [0.25, 0.3) is 27.8 Å². The molecular weight excluding hydrogens is 432 g/mol. The lowest BCUT2D eigenvalue weighted by atomic mass is 9.79. The number of amides is 1. The lowest BCUT2D eigenvalue weighted by Gasteiger charge is -2.46. The summed E-state index contributed by atoms with van der Waals surface area (Å²) < 4.78 is 3.49. The second-order valence-electron chi connectivity index (χ2n) is 9.22. The molecule has 2 aliphatic heterocycles. The minimum atomic E-state index is -0.844. The van der Waals surface area contributed by atoms with E-state index in [4.69, 9.17) is 10.1 Å². The number of hydrogen-bond acceptors (Lipinski definition) is 6. The third-order valence-corrected chi connectivity index (χ3v) is 6.91. The molecule has 0 aliphatic carbocycles. The van der Waals surface area contributed by atoms with Crippen LogP contribution in [0.4, 0.5) is 10.6 Å². The van der Waals surface area contributed by atoms with Crippen molar-refractivity contribution < 1.29 is 9.90 Å². The molecule has 6 heterocycles. The van der Waals surface area contributed by atoms with Gasteiger partial charge in [-0.1, -0.05) is 0 Å². The van der Waals surface area contributed by atoms with Crippen LogP contribution in [0.1, 0.15) is 12.0 Å². The number of carboxylic acid groups (broad SMARTS) is 1. The average Bonchev–Trinajstić information content (AvgIpc) is 3.55. The van der Waals surface area contributed by atoms with Crippen LogP contribution in [0, 0.1) is 16.7 Å². The predicted molar refractivity (Wildman–Crippen MR) is 124 cm³/mol. The maximum Gasteiger partial charge on any atom is 0.407 e. The van der Waals surface area contributed by atoms with Crippen LogP contribution in [0.3, 0.4) is 0 Å². The van der Waals surface area contributed by atoms with Crippen molar-refractivity contribution in [2.75, 3.05) is 31.1 Å². The normalized spacial score (nSPS) is 16.7. The largest absolute Gasteiger partial charge is 0.465 e. The first-order valence-corrected chi connectivity index (χ1v) is 11.0. The van der Waals surface area contributed by atoms with Crippen molar-refractivity contribution in [2.24, 2.45) is 12.5 Å². The van der Waals surface area contributed by atoms with Crippen molar-refractivity contribution >= 4 is 17.4 Å².